The maximum Gasteiger partial charge on any atom is 3.00 e. The second-order valence-corrected chi connectivity index (χ2v) is 4.02. The number of likely N-dealkylation sites (N-methyl/N-ethyl adjacent to an activating group) is 1. The fraction of sp³-hybridized carbons (Fsp3) is 0.357. The minimum atomic E-state index is -0.556. The topological polar surface area (TPSA) is 33.2 Å². The monoisotopic (exact) mass is 320 g/mol. The fourth-order valence-corrected chi connectivity index (χ4v) is 2.40. The number of pyridine rings is 1. The van der Waals surface area contributed by atoms with Crippen LogP contribution in [0.4, 0.5) is 5.69 Å². The first-order chi connectivity index (χ1) is 7.71. The summed E-state index contributed by atoms with van der Waals surface area (Å²) in [4.78, 5) is 18.3. The van der Waals surface area contributed by atoms with Crippen molar-refractivity contribution in [3.8, 4) is 0 Å². The van der Waals surface area contributed by atoms with Crippen LogP contribution in [0.15, 0.2) is 18.5 Å². The zero-order valence-corrected chi connectivity index (χ0v) is 14.0. The summed E-state index contributed by atoms with van der Waals surface area (Å²) in [5, 5.41) is 0. The van der Waals surface area contributed by atoms with Crippen LogP contribution in [0.5, 0.6) is 0 Å². The Balaban J connectivity index is 0.00000144. The number of amides is 1. The smallest absolute Gasteiger partial charge is 0.358 e. The Kier molecular flexibility index (Phi) is 6.66. The van der Waals surface area contributed by atoms with Crippen LogP contribution in [-0.2, 0) is 42.9 Å². The number of hydrogen-bond acceptors (Lipinski definition) is 2. The van der Waals surface area contributed by atoms with Crippen molar-refractivity contribution in [3.63, 3.8) is 0 Å². The van der Waals surface area contributed by atoms with Gasteiger partial charge >= 0.3 is 32.7 Å². The van der Waals surface area contributed by atoms with Crippen molar-refractivity contribution in [2.45, 2.75) is 25.2 Å². The Bertz CT molecular complexity index is 416. The summed E-state index contributed by atoms with van der Waals surface area (Å²) in [5.74, 6) is 0.114. The van der Waals surface area contributed by atoms with E-state index in [1.807, 2.05) is 13.0 Å². The molecule has 0 bridgehead atoms. The zero-order valence-electron chi connectivity index (χ0n) is 11.1. The van der Waals surface area contributed by atoms with Crippen LogP contribution in [0.2, 0.25) is 0 Å². The molecule has 1 aromatic rings. The number of carbonyl (C=O) groups excluding carboxylic acids is 1. The molecule has 0 saturated heterocycles. The van der Waals surface area contributed by atoms with Gasteiger partial charge in [-0.1, -0.05) is 0 Å². The van der Waals surface area contributed by atoms with E-state index in [1.54, 1.807) is 17.3 Å². The molecule has 94 valence electrons. The standard InChI is InChI=1S/C13H16N2O.CH3.Y/c1-4-13(5-2)10-9-14-8-7-11(10)15(6-3)12(13)16;;/h7-9H,1-2,4-6H2,3H3;1H3;/q-2;-1;+3. The van der Waals surface area contributed by atoms with Gasteiger partial charge in [0.1, 0.15) is 0 Å². The van der Waals surface area contributed by atoms with E-state index in [0.717, 1.165) is 11.3 Å². The van der Waals surface area contributed by atoms with Gasteiger partial charge in [-0.3, -0.25) is 9.78 Å². The van der Waals surface area contributed by atoms with E-state index in [-0.39, 0.29) is 46.0 Å². The summed E-state index contributed by atoms with van der Waals surface area (Å²) in [7, 11) is 0. The zero-order chi connectivity index (χ0) is 11.8. The third kappa shape index (κ3) is 2.27. The molecule has 0 aromatic carbocycles. The number of fused-ring (bicyclic) bond motifs is 1. The Labute approximate surface area is 135 Å². The normalized spacial score (nSPS) is 15.7. The predicted octanol–water partition coefficient (Wildman–Crippen LogP) is 2.58. The average Bonchev–Trinajstić information content (AvgIpc) is 2.58. The van der Waals surface area contributed by atoms with Gasteiger partial charge < -0.3 is 26.2 Å². The molecule has 4 heteroatoms. The van der Waals surface area contributed by atoms with Gasteiger partial charge in [0.15, 0.2) is 0 Å². The molecule has 0 radical (unpaired) electrons. The molecule has 0 fully saturated rings. The molecule has 1 aromatic heterocycles. The van der Waals surface area contributed by atoms with Gasteiger partial charge in [-0.25, -0.2) is 0 Å². The number of nitrogens with zero attached hydrogens (tertiary/aromatic N) is 2. The van der Waals surface area contributed by atoms with Gasteiger partial charge in [0.05, 0.1) is 5.69 Å². The third-order valence-corrected chi connectivity index (χ3v) is 3.43. The molecule has 18 heavy (non-hydrogen) atoms. The molecular formula is C14H19N2OY. The SMILES string of the molecule is [CH2-]CC1(C[CH2-])C(=O)N(CC)c2ccncc21.[CH3-].[Y+3]. The molecule has 0 unspecified atom stereocenters. The molecule has 2 heterocycles. The first-order valence-electron chi connectivity index (χ1n) is 5.56. The van der Waals surface area contributed by atoms with E-state index in [0.29, 0.717) is 19.4 Å². The molecule has 0 N–H and O–H groups in total. The summed E-state index contributed by atoms with van der Waals surface area (Å²) >= 11 is 0. The second kappa shape index (κ2) is 6.76. The Morgan fingerprint density at radius 3 is 2.50 bits per heavy atom. The van der Waals surface area contributed by atoms with Crippen molar-refractivity contribution < 1.29 is 37.5 Å². The first-order valence-corrected chi connectivity index (χ1v) is 5.56. The molecule has 0 atom stereocenters. The van der Waals surface area contributed by atoms with E-state index >= 15 is 0 Å². The Hall–Kier alpha value is -0.276. The summed E-state index contributed by atoms with van der Waals surface area (Å²) < 4.78 is 0. The fourth-order valence-electron chi connectivity index (χ4n) is 2.40. The maximum absolute atomic E-state index is 12.4. The molecule has 0 saturated carbocycles. The van der Waals surface area contributed by atoms with E-state index in [4.69, 9.17) is 0 Å². The third-order valence-electron chi connectivity index (χ3n) is 3.43. The molecule has 0 spiro atoms. The molecule has 1 amide bonds. The summed E-state index contributed by atoms with van der Waals surface area (Å²) in [6.07, 6.45) is 4.56. The average molecular weight is 320 g/mol. The molecule has 2 rings (SSSR count). The molecular weight excluding hydrogens is 301 g/mol. The van der Waals surface area contributed by atoms with Crippen molar-refractivity contribution in [3.05, 3.63) is 45.3 Å². The van der Waals surface area contributed by atoms with Crippen molar-refractivity contribution >= 4 is 11.6 Å². The maximum atomic E-state index is 12.4. The van der Waals surface area contributed by atoms with E-state index in [2.05, 4.69) is 18.8 Å². The van der Waals surface area contributed by atoms with Crippen LogP contribution in [-0.4, -0.2) is 17.4 Å². The Morgan fingerprint density at radius 2 is 2.00 bits per heavy atom. The molecule has 1 aliphatic heterocycles. The van der Waals surface area contributed by atoms with Crippen LogP contribution in [0.25, 0.3) is 0 Å². The van der Waals surface area contributed by atoms with Crippen LogP contribution >= 0.6 is 0 Å². The van der Waals surface area contributed by atoms with Crippen LogP contribution in [0.1, 0.15) is 25.3 Å². The van der Waals surface area contributed by atoms with Gasteiger partial charge in [-0.15, -0.1) is 0 Å². The van der Waals surface area contributed by atoms with Gasteiger partial charge in [-0.2, -0.15) is 12.8 Å². The predicted molar refractivity (Wildman–Crippen MR) is 70.3 cm³/mol. The number of anilines is 1. The van der Waals surface area contributed by atoms with E-state index in [9.17, 15) is 4.79 Å². The minimum Gasteiger partial charge on any atom is -0.358 e. The first kappa shape index (κ1) is 17.7. The van der Waals surface area contributed by atoms with Gasteiger partial charge in [-0.05, 0) is 13.0 Å². The van der Waals surface area contributed by atoms with Crippen molar-refractivity contribution in [1.82, 2.24) is 4.98 Å². The van der Waals surface area contributed by atoms with Crippen LogP contribution in [0, 0.1) is 21.3 Å². The van der Waals surface area contributed by atoms with Crippen molar-refractivity contribution in [2.24, 2.45) is 0 Å². The van der Waals surface area contributed by atoms with Gasteiger partial charge in [0.2, 0.25) is 5.91 Å². The number of rotatable bonds is 3. The van der Waals surface area contributed by atoms with Crippen LogP contribution < -0.4 is 4.90 Å². The number of aromatic nitrogens is 1. The Morgan fingerprint density at radius 1 is 1.39 bits per heavy atom. The van der Waals surface area contributed by atoms with E-state index < -0.39 is 5.41 Å². The summed E-state index contributed by atoms with van der Waals surface area (Å²) in [5.41, 5.74) is 1.39. The number of hydrogen-bond donors (Lipinski definition) is 0. The number of carbonyl (C=O) groups is 1. The molecule has 3 nitrogen and oxygen atoms in total. The molecule has 0 aliphatic carbocycles. The van der Waals surface area contributed by atoms with Gasteiger partial charge in [0.25, 0.3) is 0 Å². The van der Waals surface area contributed by atoms with Crippen molar-refractivity contribution in [1.29, 1.82) is 0 Å². The summed E-state index contributed by atoms with van der Waals surface area (Å²) in [6.45, 7) is 10.5. The quantitative estimate of drug-likeness (QED) is 0.802. The minimum absolute atomic E-state index is 0. The van der Waals surface area contributed by atoms with Gasteiger partial charge in [0, 0.05) is 29.9 Å². The molecule has 1 aliphatic rings. The largest absolute Gasteiger partial charge is 3.00 e. The summed E-state index contributed by atoms with van der Waals surface area (Å²) in [6, 6.07) is 1.89. The van der Waals surface area contributed by atoms with Crippen LogP contribution in [0.3, 0.4) is 0 Å². The van der Waals surface area contributed by atoms with Crippen molar-refractivity contribution in [2.75, 3.05) is 11.4 Å². The van der Waals surface area contributed by atoms with E-state index in [1.165, 1.54) is 0 Å². The second-order valence-electron chi connectivity index (χ2n) is 4.02.